The highest BCUT2D eigenvalue weighted by atomic mass is 79.9. The van der Waals surface area contributed by atoms with Gasteiger partial charge >= 0.3 is 6.18 Å². The Hall–Kier alpha value is -1.47. The number of aryl methyl sites for hydroxylation is 1. The molecule has 1 aliphatic heterocycles. The lowest BCUT2D eigenvalue weighted by molar-refractivity contribution is -0.141. The van der Waals surface area contributed by atoms with Gasteiger partial charge in [0.05, 0.1) is 5.60 Å². The summed E-state index contributed by atoms with van der Waals surface area (Å²) in [6, 6.07) is 7.71. The van der Waals surface area contributed by atoms with Gasteiger partial charge in [-0.2, -0.15) is 13.2 Å². The molecule has 1 unspecified atom stereocenters. The van der Waals surface area contributed by atoms with Crippen LogP contribution in [0.3, 0.4) is 0 Å². The van der Waals surface area contributed by atoms with Gasteiger partial charge in [-0.1, -0.05) is 25.3 Å². The van der Waals surface area contributed by atoms with Crippen LogP contribution in [0.4, 0.5) is 13.2 Å². The van der Waals surface area contributed by atoms with Crippen molar-refractivity contribution >= 4 is 15.9 Å². The molecule has 2 aromatic rings. The summed E-state index contributed by atoms with van der Waals surface area (Å²) in [6.07, 6.45) is 9.13. The SMILES string of the molecule is FC(F)(F)c1ncc(CCCCC2(c3ccccn3)CCOC3(CCCC3)C2)cc1Br. The van der Waals surface area contributed by atoms with Crippen molar-refractivity contribution in [1.29, 1.82) is 0 Å². The van der Waals surface area contributed by atoms with Crippen molar-refractivity contribution in [2.75, 3.05) is 6.61 Å². The molecule has 168 valence electrons. The van der Waals surface area contributed by atoms with E-state index in [2.05, 4.69) is 33.0 Å². The van der Waals surface area contributed by atoms with Gasteiger partial charge in [-0.05, 0) is 84.6 Å². The van der Waals surface area contributed by atoms with Gasteiger partial charge in [0.1, 0.15) is 0 Å². The minimum absolute atomic E-state index is 0.00200. The molecule has 0 aromatic carbocycles. The smallest absolute Gasteiger partial charge is 0.375 e. The Morgan fingerprint density at radius 1 is 1.06 bits per heavy atom. The molecule has 3 heterocycles. The van der Waals surface area contributed by atoms with Crippen LogP contribution in [0.2, 0.25) is 0 Å². The van der Waals surface area contributed by atoms with Crippen molar-refractivity contribution in [2.45, 2.75) is 81.4 Å². The number of ether oxygens (including phenoxy) is 1. The minimum atomic E-state index is -4.44. The third-order valence-corrected chi connectivity index (χ3v) is 7.51. The van der Waals surface area contributed by atoms with E-state index < -0.39 is 11.9 Å². The van der Waals surface area contributed by atoms with Gasteiger partial charge in [0.25, 0.3) is 0 Å². The first-order valence-electron chi connectivity index (χ1n) is 11.1. The van der Waals surface area contributed by atoms with Crippen molar-refractivity contribution in [3.8, 4) is 0 Å². The van der Waals surface area contributed by atoms with Crippen molar-refractivity contribution in [3.05, 3.63) is 58.1 Å². The summed E-state index contributed by atoms with van der Waals surface area (Å²) in [5, 5.41) is 0. The van der Waals surface area contributed by atoms with Crippen LogP contribution in [-0.4, -0.2) is 22.2 Å². The fourth-order valence-corrected chi connectivity index (χ4v) is 6.03. The molecule has 0 N–H and O–H groups in total. The lowest BCUT2D eigenvalue weighted by Gasteiger charge is -2.46. The number of hydrogen-bond acceptors (Lipinski definition) is 3. The molecule has 0 bridgehead atoms. The Morgan fingerprint density at radius 3 is 2.55 bits per heavy atom. The number of rotatable bonds is 6. The van der Waals surface area contributed by atoms with Crippen molar-refractivity contribution in [1.82, 2.24) is 9.97 Å². The van der Waals surface area contributed by atoms with Crippen LogP contribution in [0.5, 0.6) is 0 Å². The highest BCUT2D eigenvalue weighted by molar-refractivity contribution is 9.10. The zero-order chi connectivity index (χ0) is 22.0. The number of alkyl halides is 3. The van der Waals surface area contributed by atoms with Crippen molar-refractivity contribution < 1.29 is 17.9 Å². The van der Waals surface area contributed by atoms with Crippen LogP contribution >= 0.6 is 15.9 Å². The summed E-state index contributed by atoms with van der Waals surface area (Å²) >= 11 is 3.02. The first kappa shape index (κ1) is 22.7. The van der Waals surface area contributed by atoms with Crippen LogP contribution in [0.1, 0.15) is 74.7 Å². The lowest BCUT2D eigenvalue weighted by atomic mass is 9.67. The van der Waals surface area contributed by atoms with E-state index in [0.29, 0.717) is 6.42 Å². The number of hydrogen-bond donors (Lipinski definition) is 0. The van der Waals surface area contributed by atoms with Gasteiger partial charge < -0.3 is 4.74 Å². The van der Waals surface area contributed by atoms with Crippen LogP contribution in [0.15, 0.2) is 41.1 Å². The maximum absolute atomic E-state index is 12.9. The zero-order valence-corrected chi connectivity index (χ0v) is 19.1. The van der Waals surface area contributed by atoms with Gasteiger partial charge in [0, 0.05) is 34.6 Å². The molecule has 4 rings (SSSR count). The van der Waals surface area contributed by atoms with E-state index >= 15 is 0 Å². The Bertz CT molecular complexity index is 884. The molecule has 2 aromatic heterocycles. The highest BCUT2D eigenvalue weighted by Crippen LogP contribution is 2.50. The van der Waals surface area contributed by atoms with Crippen LogP contribution in [0.25, 0.3) is 0 Å². The van der Waals surface area contributed by atoms with E-state index in [1.165, 1.54) is 19.0 Å². The van der Waals surface area contributed by atoms with Gasteiger partial charge in [-0.3, -0.25) is 9.97 Å². The second-order valence-electron chi connectivity index (χ2n) is 9.04. The van der Waals surface area contributed by atoms with Gasteiger partial charge in [-0.15, -0.1) is 0 Å². The van der Waals surface area contributed by atoms with Gasteiger partial charge in [0.15, 0.2) is 5.69 Å². The van der Waals surface area contributed by atoms with Crippen molar-refractivity contribution in [2.24, 2.45) is 0 Å². The van der Waals surface area contributed by atoms with Gasteiger partial charge in [0.2, 0.25) is 0 Å². The average molecular weight is 497 g/mol. The average Bonchev–Trinajstić information content (AvgIpc) is 3.18. The molecule has 0 radical (unpaired) electrons. The summed E-state index contributed by atoms with van der Waals surface area (Å²) in [4.78, 5) is 8.36. The van der Waals surface area contributed by atoms with E-state index in [9.17, 15) is 13.2 Å². The van der Waals surface area contributed by atoms with Crippen molar-refractivity contribution in [3.63, 3.8) is 0 Å². The fraction of sp³-hybridized carbons (Fsp3) is 0.583. The minimum Gasteiger partial charge on any atom is -0.375 e. The molecular weight excluding hydrogens is 469 g/mol. The largest absolute Gasteiger partial charge is 0.434 e. The van der Waals surface area contributed by atoms with Crippen LogP contribution in [-0.2, 0) is 22.7 Å². The Labute approximate surface area is 190 Å². The summed E-state index contributed by atoms with van der Waals surface area (Å²) < 4.78 is 45.0. The van der Waals surface area contributed by atoms with Crippen LogP contribution in [0, 0.1) is 0 Å². The third-order valence-electron chi connectivity index (χ3n) is 6.91. The van der Waals surface area contributed by atoms with Crippen LogP contribution < -0.4 is 0 Å². The molecule has 2 aliphatic rings. The Balaban J connectivity index is 1.42. The number of aromatic nitrogens is 2. The predicted molar refractivity (Wildman–Crippen MR) is 117 cm³/mol. The molecule has 1 spiro atoms. The van der Waals surface area contributed by atoms with E-state index in [1.807, 2.05) is 12.3 Å². The highest BCUT2D eigenvalue weighted by Gasteiger charge is 2.48. The summed E-state index contributed by atoms with van der Waals surface area (Å²) in [6.45, 7) is 0.770. The van der Waals surface area contributed by atoms with Gasteiger partial charge in [-0.25, -0.2) is 0 Å². The number of halogens is 4. The number of pyridine rings is 2. The zero-order valence-electron chi connectivity index (χ0n) is 17.6. The molecule has 31 heavy (non-hydrogen) atoms. The molecule has 1 saturated heterocycles. The standard InChI is InChI=1S/C24H28BrF3N2O/c25-19-15-18(16-30-21(19)24(26,27)28)7-1-3-9-22(20-8-2-6-13-29-20)12-14-31-23(17-22)10-4-5-11-23/h2,6,8,13,15-16H,1,3-5,7,9-12,14,17H2. The summed E-state index contributed by atoms with van der Waals surface area (Å²) in [5.74, 6) is 0. The topological polar surface area (TPSA) is 35.0 Å². The predicted octanol–water partition coefficient (Wildman–Crippen LogP) is 7.03. The van der Waals surface area contributed by atoms with E-state index in [-0.39, 0.29) is 15.5 Å². The quantitative estimate of drug-likeness (QED) is 0.402. The normalized spacial score (nSPS) is 23.4. The number of unbranched alkanes of at least 4 members (excludes halogenated alkanes) is 1. The second-order valence-corrected chi connectivity index (χ2v) is 9.89. The first-order valence-corrected chi connectivity index (χ1v) is 11.9. The molecule has 2 fully saturated rings. The number of nitrogens with zero attached hydrogens (tertiary/aromatic N) is 2. The molecule has 0 amide bonds. The summed E-state index contributed by atoms with van der Waals surface area (Å²) in [7, 11) is 0. The van der Waals surface area contributed by atoms with E-state index in [1.54, 1.807) is 6.07 Å². The van der Waals surface area contributed by atoms with E-state index in [4.69, 9.17) is 9.72 Å². The summed E-state index contributed by atoms with van der Waals surface area (Å²) in [5.41, 5.74) is 1.13. The third kappa shape index (κ3) is 5.14. The molecular formula is C24H28BrF3N2O. The Kier molecular flexibility index (Phi) is 6.73. The maximum Gasteiger partial charge on any atom is 0.434 e. The lowest BCUT2D eigenvalue weighted by Crippen LogP contribution is -2.46. The molecule has 1 aliphatic carbocycles. The molecule has 1 atom stereocenters. The fourth-order valence-electron chi connectivity index (χ4n) is 5.41. The maximum atomic E-state index is 12.9. The monoisotopic (exact) mass is 496 g/mol. The first-order chi connectivity index (χ1) is 14.8. The second kappa shape index (κ2) is 9.18. The van der Waals surface area contributed by atoms with E-state index in [0.717, 1.165) is 62.8 Å². The Morgan fingerprint density at radius 2 is 1.87 bits per heavy atom. The molecule has 7 heteroatoms. The molecule has 3 nitrogen and oxygen atoms in total. The molecule has 1 saturated carbocycles.